The number of nitrogens with zero attached hydrogens (tertiary/aromatic N) is 3. The van der Waals surface area contributed by atoms with Gasteiger partial charge in [-0.15, -0.1) is 0 Å². The van der Waals surface area contributed by atoms with Crippen LogP contribution in [0.25, 0.3) is 0 Å². The molecule has 0 aliphatic carbocycles. The lowest BCUT2D eigenvalue weighted by molar-refractivity contribution is 0.0817. The minimum Gasteiger partial charge on any atom is -0.345 e. The Labute approximate surface area is 109 Å². The zero-order valence-electron chi connectivity index (χ0n) is 9.94. The number of piperidine rings is 1. The van der Waals surface area contributed by atoms with Gasteiger partial charge in [0.15, 0.2) is 0 Å². The van der Waals surface area contributed by atoms with Gasteiger partial charge in [0.2, 0.25) is 5.28 Å². The molecule has 0 saturated carbocycles. The largest absolute Gasteiger partial charge is 0.345 e. The molecule has 1 N–H and O–H groups in total. The van der Waals surface area contributed by atoms with Gasteiger partial charge in [-0.05, 0) is 31.1 Å². The first-order chi connectivity index (χ1) is 8.56. The van der Waals surface area contributed by atoms with Gasteiger partial charge < -0.3 is 10.2 Å². The Morgan fingerprint density at radius 3 is 3.11 bits per heavy atom. The van der Waals surface area contributed by atoms with Crippen LogP contribution in [0.3, 0.4) is 0 Å². The van der Waals surface area contributed by atoms with E-state index in [-0.39, 0.29) is 11.0 Å². The first kappa shape index (κ1) is 13.2. The van der Waals surface area contributed by atoms with Crippen molar-refractivity contribution in [1.82, 2.24) is 20.2 Å². The van der Waals surface area contributed by atoms with E-state index in [0.29, 0.717) is 13.0 Å². The van der Waals surface area contributed by atoms with Crippen molar-refractivity contribution in [2.75, 3.05) is 20.1 Å². The van der Waals surface area contributed by atoms with Crippen LogP contribution in [0.5, 0.6) is 0 Å². The van der Waals surface area contributed by atoms with Crippen molar-refractivity contribution < 1.29 is 9.18 Å². The summed E-state index contributed by atoms with van der Waals surface area (Å²) in [4.78, 5) is 21.2. The van der Waals surface area contributed by atoms with Crippen molar-refractivity contribution in [3.63, 3.8) is 0 Å². The van der Waals surface area contributed by atoms with E-state index in [1.165, 1.54) is 12.3 Å². The minimum atomic E-state index is -1.06. The van der Waals surface area contributed by atoms with E-state index in [0.717, 1.165) is 6.54 Å². The quantitative estimate of drug-likeness (QED) is 0.813. The highest BCUT2D eigenvalue weighted by Gasteiger charge is 2.29. The van der Waals surface area contributed by atoms with Crippen LogP contribution in [0.4, 0.5) is 4.39 Å². The van der Waals surface area contributed by atoms with Crippen LogP contribution < -0.4 is 5.32 Å². The first-order valence-corrected chi connectivity index (χ1v) is 6.06. The van der Waals surface area contributed by atoms with Crippen molar-refractivity contribution in [3.8, 4) is 0 Å². The van der Waals surface area contributed by atoms with Crippen LogP contribution in [-0.4, -0.2) is 53.1 Å². The summed E-state index contributed by atoms with van der Waals surface area (Å²) in [6.45, 7) is 1.09. The number of rotatable bonds is 2. The van der Waals surface area contributed by atoms with Gasteiger partial charge in [-0.2, -0.15) is 0 Å². The number of halogens is 2. The Morgan fingerprint density at radius 2 is 2.44 bits per heavy atom. The third kappa shape index (κ3) is 3.14. The summed E-state index contributed by atoms with van der Waals surface area (Å²) in [6.07, 6.45) is 0.915. The van der Waals surface area contributed by atoms with Crippen molar-refractivity contribution >= 4 is 17.5 Å². The second kappa shape index (κ2) is 5.58. The van der Waals surface area contributed by atoms with E-state index in [2.05, 4.69) is 15.3 Å². The number of carbonyl (C=O) groups excluding carboxylic acids is 1. The molecule has 1 amide bonds. The molecule has 1 aliphatic rings. The number of alkyl halides is 1. The number of amides is 1. The summed E-state index contributed by atoms with van der Waals surface area (Å²) in [5, 5.41) is 2.65. The molecule has 2 heterocycles. The molecule has 0 radical (unpaired) electrons. The topological polar surface area (TPSA) is 58.1 Å². The van der Waals surface area contributed by atoms with E-state index in [4.69, 9.17) is 11.6 Å². The molecule has 2 atom stereocenters. The molecule has 0 aromatic carbocycles. The molecule has 1 fully saturated rings. The van der Waals surface area contributed by atoms with E-state index >= 15 is 0 Å². The van der Waals surface area contributed by atoms with Gasteiger partial charge in [0.25, 0.3) is 5.91 Å². The standard InChI is InChI=1S/C11H14ClFN4O/c1-17-5-3-8(7(13)6-17)15-10(18)9-2-4-14-11(12)16-9/h2,4,7-8H,3,5-6H2,1H3,(H,15,18). The number of hydrogen-bond donors (Lipinski definition) is 1. The van der Waals surface area contributed by atoms with Crippen molar-refractivity contribution in [1.29, 1.82) is 0 Å². The third-order valence-electron chi connectivity index (χ3n) is 2.92. The maximum absolute atomic E-state index is 13.7. The highest BCUT2D eigenvalue weighted by atomic mass is 35.5. The van der Waals surface area contributed by atoms with Crippen molar-refractivity contribution in [3.05, 3.63) is 23.2 Å². The van der Waals surface area contributed by atoms with Crippen molar-refractivity contribution in [2.24, 2.45) is 0 Å². The Morgan fingerprint density at radius 1 is 1.67 bits per heavy atom. The molecule has 2 rings (SSSR count). The number of aromatic nitrogens is 2. The van der Waals surface area contributed by atoms with Crippen molar-refractivity contribution in [2.45, 2.75) is 18.6 Å². The average molecular weight is 273 g/mol. The molecule has 1 aliphatic heterocycles. The summed E-state index contributed by atoms with van der Waals surface area (Å²) in [6, 6.07) is 0.978. The SMILES string of the molecule is CN1CCC(NC(=O)c2ccnc(Cl)n2)C(F)C1. The lowest BCUT2D eigenvalue weighted by Crippen LogP contribution is -2.51. The van der Waals surface area contributed by atoms with Crippen LogP contribution >= 0.6 is 11.6 Å². The predicted molar refractivity (Wildman–Crippen MR) is 65.3 cm³/mol. The van der Waals surface area contributed by atoms with Gasteiger partial charge in [-0.3, -0.25) is 4.79 Å². The van der Waals surface area contributed by atoms with Gasteiger partial charge >= 0.3 is 0 Å². The lowest BCUT2D eigenvalue weighted by atomic mass is 10.0. The number of hydrogen-bond acceptors (Lipinski definition) is 4. The molecule has 0 bridgehead atoms. The lowest BCUT2D eigenvalue weighted by Gasteiger charge is -2.32. The van der Waals surface area contributed by atoms with E-state index < -0.39 is 18.1 Å². The van der Waals surface area contributed by atoms with Crippen LogP contribution in [0.1, 0.15) is 16.9 Å². The second-order valence-electron chi connectivity index (χ2n) is 4.36. The molecule has 0 spiro atoms. The van der Waals surface area contributed by atoms with Crippen LogP contribution in [-0.2, 0) is 0 Å². The predicted octanol–water partition coefficient (Wildman–Crippen LogP) is 0.902. The molecular weight excluding hydrogens is 259 g/mol. The summed E-state index contributed by atoms with van der Waals surface area (Å²) in [5.74, 6) is -0.420. The molecule has 2 unspecified atom stereocenters. The molecule has 1 aromatic heterocycles. The number of likely N-dealkylation sites (tertiary alicyclic amines) is 1. The van der Waals surface area contributed by atoms with Gasteiger partial charge in [-0.1, -0.05) is 0 Å². The summed E-state index contributed by atoms with van der Waals surface area (Å²) in [5.41, 5.74) is 0.154. The smallest absolute Gasteiger partial charge is 0.270 e. The number of nitrogens with one attached hydrogen (secondary N) is 1. The van der Waals surface area contributed by atoms with Crippen LogP contribution in [0.2, 0.25) is 5.28 Å². The second-order valence-corrected chi connectivity index (χ2v) is 4.70. The Hall–Kier alpha value is -1.27. The molecule has 1 aromatic rings. The Balaban J connectivity index is 1.99. The monoisotopic (exact) mass is 272 g/mol. The fourth-order valence-electron chi connectivity index (χ4n) is 1.92. The van der Waals surface area contributed by atoms with Crippen LogP contribution in [0.15, 0.2) is 12.3 Å². The van der Waals surface area contributed by atoms with Gasteiger partial charge in [0.1, 0.15) is 11.9 Å². The minimum absolute atomic E-state index is 0.00262. The molecule has 5 nitrogen and oxygen atoms in total. The highest BCUT2D eigenvalue weighted by Crippen LogP contribution is 2.13. The maximum Gasteiger partial charge on any atom is 0.270 e. The zero-order valence-corrected chi connectivity index (χ0v) is 10.7. The van der Waals surface area contributed by atoms with E-state index in [9.17, 15) is 9.18 Å². The average Bonchev–Trinajstić information content (AvgIpc) is 2.32. The highest BCUT2D eigenvalue weighted by molar-refractivity contribution is 6.28. The zero-order chi connectivity index (χ0) is 13.1. The molecule has 98 valence electrons. The molecule has 18 heavy (non-hydrogen) atoms. The normalized spacial score (nSPS) is 24.8. The van der Waals surface area contributed by atoms with E-state index in [1.807, 2.05) is 11.9 Å². The molecule has 1 saturated heterocycles. The molecular formula is C11H14ClFN4O. The molecule has 7 heteroatoms. The van der Waals surface area contributed by atoms with Gasteiger partial charge in [0, 0.05) is 19.3 Å². The first-order valence-electron chi connectivity index (χ1n) is 5.68. The Kier molecular flexibility index (Phi) is 4.08. The summed E-state index contributed by atoms with van der Waals surface area (Å²) in [7, 11) is 1.86. The Bertz CT molecular complexity index is 445. The van der Waals surface area contributed by atoms with E-state index in [1.54, 1.807) is 0 Å². The number of carbonyl (C=O) groups is 1. The summed E-state index contributed by atoms with van der Waals surface area (Å²) >= 11 is 5.60. The fourth-order valence-corrected chi connectivity index (χ4v) is 2.07. The third-order valence-corrected chi connectivity index (χ3v) is 3.10. The fraction of sp³-hybridized carbons (Fsp3) is 0.545. The maximum atomic E-state index is 13.7. The van der Waals surface area contributed by atoms with Gasteiger partial charge in [-0.25, -0.2) is 14.4 Å². The summed E-state index contributed by atoms with van der Waals surface area (Å²) < 4.78 is 13.7. The van der Waals surface area contributed by atoms with Gasteiger partial charge in [0.05, 0.1) is 6.04 Å². The van der Waals surface area contributed by atoms with Crippen LogP contribution in [0, 0.1) is 0 Å².